The zero-order chi connectivity index (χ0) is 15.2. The third-order valence-electron chi connectivity index (χ3n) is 3.54. The van der Waals surface area contributed by atoms with Gasteiger partial charge in [0.2, 0.25) is 5.91 Å². The van der Waals surface area contributed by atoms with E-state index in [2.05, 4.69) is 21.2 Å². The predicted molar refractivity (Wildman–Crippen MR) is 82.9 cm³/mol. The zero-order valence-corrected chi connectivity index (χ0v) is 13.3. The van der Waals surface area contributed by atoms with Crippen LogP contribution in [0.3, 0.4) is 0 Å². The van der Waals surface area contributed by atoms with Crippen LogP contribution in [-0.2, 0) is 11.3 Å². The van der Waals surface area contributed by atoms with Gasteiger partial charge < -0.3 is 10.2 Å². The second-order valence-corrected chi connectivity index (χ2v) is 5.99. The van der Waals surface area contributed by atoms with Crippen molar-refractivity contribution in [1.29, 1.82) is 0 Å². The number of halogens is 1. The Hall–Kier alpha value is -1.47. The molecule has 1 aromatic carbocycles. The fourth-order valence-electron chi connectivity index (χ4n) is 2.42. The Morgan fingerprint density at radius 3 is 2.71 bits per heavy atom. The Bertz CT molecular complexity index is 530. The SMILES string of the molecule is O=C(CNCc1ccc(Br)cc1[N+](=O)[O-])N1CCCCC1. The Labute approximate surface area is 131 Å². The van der Waals surface area contributed by atoms with Crippen molar-refractivity contribution in [3.63, 3.8) is 0 Å². The molecule has 2 rings (SSSR count). The first kappa shape index (κ1) is 15.9. The minimum absolute atomic E-state index is 0.0577. The summed E-state index contributed by atoms with van der Waals surface area (Å²) in [5.74, 6) is 0.0643. The van der Waals surface area contributed by atoms with Crippen molar-refractivity contribution < 1.29 is 9.72 Å². The van der Waals surface area contributed by atoms with Crippen LogP contribution in [0, 0.1) is 10.1 Å². The van der Waals surface area contributed by atoms with Gasteiger partial charge in [0.15, 0.2) is 0 Å². The maximum atomic E-state index is 12.0. The molecule has 1 aliphatic heterocycles. The lowest BCUT2D eigenvalue weighted by molar-refractivity contribution is -0.385. The summed E-state index contributed by atoms with van der Waals surface area (Å²) in [5, 5.41) is 14.0. The topological polar surface area (TPSA) is 75.5 Å². The van der Waals surface area contributed by atoms with Crippen LogP contribution >= 0.6 is 15.9 Å². The van der Waals surface area contributed by atoms with Gasteiger partial charge in [0, 0.05) is 35.7 Å². The van der Waals surface area contributed by atoms with E-state index in [1.165, 1.54) is 12.5 Å². The van der Waals surface area contributed by atoms with Gasteiger partial charge in [-0.05, 0) is 31.4 Å². The van der Waals surface area contributed by atoms with E-state index in [1.807, 2.05) is 4.90 Å². The number of nitro groups is 1. The van der Waals surface area contributed by atoms with E-state index in [0.29, 0.717) is 16.6 Å². The van der Waals surface area contributed by atoms with E-state index in [1.54, 1.807) is 12.1 Å². The van der Waals surface area contributed by atoms with Crippen LogP contribution in [0.1, 0.15) is 24.8 Å². The van der Waals surface area contributed by atoms with Gasteiger partial charge in [-0.3, -0.25) is 14.9 Å². The monoisotopic (exact) mass is 355 g/mol. The van der Waals surface area contributed by atoms with E-state index in [-0.39, 0.29) is 18.1 Å². The Balaban J connectivity index is 1.88. The van der Waals surface area contributed by atoms with Crippen LogP contribution < -0.4 is 5.32 Å². The molecule has 0 saturated carbocycles. The molecule has 1 N–H and O–H groups in total. The lowest BCUT2D eigenvalue weighted by Gasteiger charge is -2.26. The van der Waals surface area contributed by atoms with Crippen LogP contribution in [0.5, 0.6) is 0 Å². The molecule has 0 bridgehead atoms. The Morgan fingerprint density at radius 2 is 2.05 bits per heavy atom. The molecule has 0 spiro atoms. The largest absolute Gasteiger partial charge is 0.342 e. The Morgan fingerprint density at radius 1 is 1.33 bits per heavy atom. The number of piperidine rings is 1. The van der Waals surface area contributed by atoms with Crippen molar-refractivity contribution in [2.24, 2.45) is 0 Å². The normalized spacial score (nSPS) is 15.0. The third kappa shape index (κ3) is 4.50. The van der Waals surface area contributed by atoms with Crippen molar-refractivity contribution in [2.75, 3.05) is 19.6 Å². The van der Waals surface area contributed by atoms with Crippen LogP contribution in [-0.4, -0.2) is 35.4 Å². The molecule has 6 nitrogen and oxygen atoms in total. The summed E-state index contributed by atoms with van der Waals surface area (Å²) >= 11 is 3.22. The number of hydrogen-bond acceptors (Lipinski definition) is 4. The molecule has 1 aliphatic rings. The van der Waals surface area contributed by atoms with Crippen LogP contribution in [0.4, 0.5) is 5.69 Å². The summed E-state index contributed by atoms with van der Waals surface area (Å²) in [5.41, 5.74) is 0.636. The number of nitrogens with one attached hydrogen (secondary N) is 1. The van der Waals surface area contributed by atoms with Gasteiger partial charge in [-0.15, -0.1) is 0 Å². The van der Waals surface area contributed by atoms with Gasteiger partial charge in [0.1, 0.15) is 0 Å². The van der Waals surface area contributed by atoms with E-state index >= 15 is 0 Å². The van der Waals surface area contributed by atoms with Gasteiger partial charge in [0.05, 0.1) is 11.5 Å². The maximum absolute atomic E-state index is 12.0. The average Bonchev–Trinajstić information content (AvgIpc) is 2.49. The first-order valence-electron chi connectivity index (χ1n) is 6.99. The molecule has 1 amide bonds. The number of likely N-dealkylation sites (tertiary alicyclic amines) is 1. The molecule has 0 aliphatic carbocycles. The van der Waals surface area contributed by atoms with Crippen molar-refractivity contribution in [1.82, 2.24) is 10.2 Å². The highest BCUT2D eigenvalue weighted by atomic mass is 79.9. The lowest BCUT2D eigenvalue weighted by atomic mass is 10.1. The summed E-state index contributed by atoms with van der Waals surface area (Å²) in [4.78, 5) is 24.4. The number of carbonyl (C=O) groups is 1. The molecule has 0 radical (unpaired) electrons. The number of carbonyl (C=O) groups excluding carboxylic acids is 1. The molecule has 0 unspecified atom stereocenters. The summed E-state index contributed by atoms with van der Waals surface area (Å²) in [6, 6.07) is 4.93. The van der Waals surface area contributed by atoms with E-state index in [9.17, 15) is 14.9 Å². The molecular weight excluding hydrogens is 338 g/mol. The van der Waals surface area contributed by atoms with Gasteiger partial charge in [-0.25, -0.2) is 0 Å². The van der Waals surface area contributed by atoms with Crippen LogP contribution in [0.25, 0.3) is 0 Å². The summed E-state index contributed by atoms with van der Waals surface area (Å²) < 4.78 is 0.669. The molecule has 21 heavy (non-hydrogen) atoms. The van der Waals surface area contributed by atoms with Crippen molar-refractivity contribution >= 4 is 27.5 Å². The molecule has 114 valence electrons. The second kappa shape index (κ2) is 7.51. The van der Waals surface area contributed by atoms with E-state index in [0.717, 1.165) is 25.9 Å². The molecule has 1 fully saturated rings. The summed E-state index contributed by atoms with van der Waals surface area (Å²) in [7, 11) is 0. The summed E-state index contributed by atoms with van der Waals surface area (Å²) in [6.45, 7) is 2.16. The van der Waals surface area contributed by atoms with Crippen LogP contribution in [0.15, 0.2) is 22.7 Å². The highest BCUT2D eigenvalue weighted by Crippen LogP contribution is 2.23. The quantitative estimate of drug-likeness (QED) is 0.650. The lowest BCUT2D eigenvalue weighted by Crippen LogP contribution is -2.41. The molecule has 1 aromatic rings. The van der Waals surface area contributed by atoms with Gasteiger partial charge >= 0.3 is 0 Å². The number of nitro benzene ring substituents is 1. The van der Waals surface area contributed by atoms with Crippen molar-refractivity contribution in [3.8, 4) is 0 Å². The first-order chi connectivity index (χ1) is 10.1. The Kier molecular flexibility index (Phi) is 5.69. The summed E-state index contributed by atoms with van der Waals surface area (Å²) in [6.07, 6.45) is 3.30. The number of nitrogens with zero attached hydrogens (tertiary/aromatic N) is 2. The van der Waals surface area contributed by atoms with Gasteiger partial charge in [-0.1, -0.05) is 15.9 Å². The number of benzene rings is 1. The molecule has 7 heteroatoms. The standard InChI is InChI=1S/C14H18BrN3O3/c15-12-5-4-11(13(8-12)18(20)21)9-16-10-14(19)17-6-2-1-3-7-17/h4-5,8,16H,1-3,6-7,9-10H2. The fraction of sp³-hybridized carbons (Fsp3) is 0.500. The minimum atomic E-state index is -0.409. The smallest absolute Gasteiger partial charge is 0.275 e. The molecule has 1 saturated heterocycles. The predicted octanol–water partition coefficient (Wildman–Crippen LogP) is 2.46. The van der Waals surface area contributed by atoms with Gasteiger partial charge in [-0.2, -0.15) is 0 Å². The molecular formula is C14H18BrN3O3. The van der Waals surface area contributed by atoms with Crippen LogP contribution in [0.2, 0.25) is 0 Å². The van der Waals surface area contributed by atoms with E-state index < -0.39 is 4.92 Å². The number of hydrogen-bond donors (Lipinski definition) is 1. The molecule has 0 atom stereocenters. The highest BCUT2D eigenvalue weighted by Gasteiger charge is 2.17. The highest BCUT2D eigenvalue weighted by molar-refractivity contribution is 9.10. The van der Waals surface area contributed by atoms with Crippen molar-refractivity contribution in [2.45, 2.75) is 25.8 Å². The van der Waals surface area contributed by atoms with Crippen molar-refractivity contribution in [3.05, 3.63) is 38.3 Å². The fourth-order valence-corrected chi connectivity index (χ4v) is 2.76. The zero-order valence-electron chi connectivity index (χ0n) is 11.7. The second-order valence-electron chi connectivity index (χ2n) is 5.08. The number of rotatable bonds is 5. The number of amides is 1. The third-order valence-corrected chi connectivity index (χ3v) is 4.04. The first-order valence-corrected chi connectivity index (χ1v) is 7.78. The minimum Gasteiger partial charge on any atom is -0.342 e. The maximum Gasteiger partial charge on any atom is 0.275 e. The van der Waals surface area contributed by atoms with E-state index in [4.69, 9.17) is 0 Å². The molecule has 1 heterocycles. The average molecular weight is 356 g/mol. The molecule has 0 aromatic heterocycles. The van der Waals surface area contributed by atoms with Gasteiger partial charge in [0.25, 0.3) is 5.69 Å².